The van der Waals surface area contributed by atoms with Gasteiger partial charge in [-0.15, -0.1) is 0 Å². The highest BCUT2D eigenvalue weighted by atomic mass is 19.4. The molecule has 28 heavy (non-hydrogen) atoms. The Balaban J connectivity index is 2.00. The Bertz CT molecular complexity index is 793. The maximum absolute atomic E-state index is 13.4. The molecule has 0 aliphatic heterocycles. The number of nitrogens with zero attached hydrogens (tertiary/aromatic N) is 3. The minimum Gasteiger partial charge on any atom is -0.492 e. The summed E-state index contributed by atoms with van der Waals surface area (Å²) in [7, 11) is 0. The average Bonchev–Trinajstić information content (AvgIpc) is 3.16. The van der Waals surface area contributed by atoms with Gasteiger partial charge in [-0.25, -0.2) is 4.98 Å². The number of hydrogen-bond acceptors (Lipinski definition) is 5. The zero-order valence-electron chi connectivity index (χ0n) is 16.0. The van der Waals surface area contributed by atoms with Crippen LogP contribution in [0.15, 0.2) is 30.5 Å². The number of benzene rings is 1. The van der Waals surface area contributed by atoms with E-state index in [0.29, 0.717) is 24.6 Å². The number of para-hydroxylation sites is 2. The van der Waals surface area contributed by atoms with Crippen LogP contribution in [0.25, 0.3) is 0 Å². The monoisotopic (exact) mass is 395 g/mol. The van der Waals surface area contributed by atoms with E-state index in [2.05, 4.69) is 9.97 Å². The Morgan fingerprint density at radius 1 is 1.14 bits per heavy atom. The summed E-state index contributed by atoms with van der Waals surface area (Å²) >= 11 is 0. The topological polar surface area (TPSA) is 47.5 Å². The van der Waals surface area contributed by atoms with Crippen molar-refractivity contribution in [1.29, 1.82) is 0 Å². The number of ether oxygens (including phenoxy) is 2. The lowest BCUT2D eigenvalue weighted by Gasteiger charge is -2.25. The van der Waals surface area contributed by atoms with Crippen LogP contribution in [0, 0.1) is 0 Å². The summed E-state index contributed by atoms with van der Waals surface area (Å²) in [5.41, 5.74) is -0.254. The Morgan fingerprint density at radius 3 is 2.50 bits per heavy atom. The zero-order valence-corrected chi connectivity index (χ0v) is 16.0. The summed E-state index contributed by atoms with van der Waals surface area (Å²) in [6.45, 7) is 4.67. The fourth-order valence-electron chi connectivity index (χ4n) is 3.31. The molecular weight excluding hydrogens is 371 g/mol. The zero-order chi connectivity index (χ0) is 20.1. The van der Waals surface area contributed by atoms with E-state index in [1.807, 2.05) is 38.1 Å². The molecule has 1 aromatic heterocycles. The molecule has 0 amide bonds. The van der Waals surface area contributed by atoms with Crippen LogP contribution in [0.4, 0.5) is 24.8 Å². The molecule has 1 aromatic carbocycles. The molecule has 0 spiro atoms. The van der Waals surface area contributed by atoms with E-state index in [1.165, 1.54) is 0 Å². The first kappa shape index (κ1) is 20.2. The maximum atomic E-state index is 13.4. The van der Waals surface area contributed by atoms with Crippen LogP contribution >= 0.6 is 0 Å². The van der Waals surface area contributed by atoms with Crippen LogP contribution in [0.5, 0.6) is 11.6 Å². The molecule has 1 aliphatic carbocycles. The Labute approximate surface area is 162 Å². The van der Waals surface area contributed by atoms with Crippen molar-refractivity contribution in [2.45, 2.75) is 51.8 Å². The van der Waals surface area contributed by atoms with Gasteiger partial charge in [0.1, 0.15) is 17.4 Å². The van der Waals surface area contributed by atoms with Gasteiger partial charge in [0.25, 0.3) is 0 Å². The smallest absolute Gasteiger partial charge is 0.423 e. The van der Waals surface area contributed by atoms with E-state index in [1.54, 1.807) is 4.90 Å². The first-order valence-corrected chi connectivity index (χ1v) is 9.54. The van der Waals surface area contributed by atoms with Gasteiger partial charge in [0.2, 0.25) is 11.8 Å². The first-order chi connectivity index (χ1) is 13.4. The fourth-order valence-corrected chi connectivity index (χ4v) is 3.31. The lowest BCUT2D eigenvalue weighted by molar-refractivity contribution is -0.139. The molecule has 5 nitrogen and oxygen atoms in total. The SMILES string of the molecule is CCOc1ccccc1N(CC)c1ncc(C(F)(F)F)c(OC2CCCC2)n1. The van der Waals surface area contributed by atoms with Crippen LogP contribution in [-0.2, 0) is 6.18 Å². The summed E-state index contributed by atoms with van der Waals surface area (Å²) in [5.74, 6) is 0.362. The van der Waals surface area contributed by atoms with Crippen molar-refractivity contribution in [3.63, 3.8) is 0 Å². The summed E-state index contributed by atoms with van der Waals surface area (Å²) in [6.07, 6.45) is -0.636. The molecule has 0 atom stereocenters. The summed E-state index contributed by atoms with van der Waals surface area (Å²) in [6, 6.07) is 7.31. The summed E-state index contributed by atoms with van der Waals surface area (Å²) in [5, 5.41) is 0. The minimum atomic E-state index is -4.58. The third-order valence-electron chi connectivity index (χ3n) is 4.64. The van der Waals surface area contributed by atoms with Gasteiger partial charge in [-0.3, -0.25) is 0 Å². The van der Waals surface area contributed by atoms with Crippen LogP contribution in [-0.4, -0.2) is 29.2 Å². The van der Waals surface area contributed by atoms with Gasteiger partial charge in [0.05, 0.1) is 12.3 Å². The van der Waals surface area contributed by atoms with Gasteiger partial charge in [-0.2, -0.15) is 18.2 Å². The molecule has 0 N–H and O–H groups in total. The van der Waals surface area contributed by atoms with Crippen molar-refractivity contribution < 1.29 is 22.6 Å². The minimum absolute atomic E-state index is 0.149. The quantitative estimate of drug-likeness (QED) is 0.630. The molecule has 0 radical (unpaired) electrons. The third kappa shape index (κ3) is 4.48. The van der Waals surface area contributed by atoms with Gasteiger partial charge < -0.3 is 14.4 Å². The molecule has 1 aliphatic rings. The van der Waals surface area contributed by atoms with Gasteiger partial charge >= 0.3 is 6.18 Å². The van der Waals surface area contributed by atoms with Crippen molar-refractivity contribution in [2.75, 3.05) is 18.1 Å². The first-order valence-electron chi connectivity index (χ1n) is 9.54. The Kier molecular flexibility index (Phi) is 6.26. The molecule has 152 valence electrons. The second-order valence-electron chi connectivity index (χ2n) is 6.56. The molecule has 1 saturated carbocycles. The van der Waals surface area contributed by atoms with E-state index in [4.69, 9.17) is 9.47 Å². The lowest BCUT2D eigenvalue weighted by atomic mass is 10.2. The highest BCUT2D eigenvalue weighted by Crippen LogP contribution is 2.39. The molecular formula is C20H24F3N3O2. The molecule has 0 saturated heterocycles. The fraction of sp³-hybridized carbons (Fsp3) is 0.500. The maximum Gasteiger partial charge on any atom is 0.423 e. The number of halogens is 3. The molecule has 0 bridgehead atoms. The molecule has 0 unspecified atom stereocenters. The second-order valence-corrected chi connectivity index (χ2v) is 6.56. The van der Waals surface area contributed by atoms with Gasteiger partial charge in [-0.05, 0) is 51.7 Å². The van der Waals surface area contributed by atoms with Crippen LogP contribution in [0.1, 0.15) is 45.1 Å². The van der Waals surface area contributed by atoms with Crippen molar-refractivity contribution in [3.05, 3.63) is 36.0 Å². The van der Waals surface area contributed by atoms with E-state index < -0.39 is 17.6 Å². The van der Waals surface area contributed by atoms with Crippen molar-refractivity contribution in [2.24, 2.45) is 0 Å². The van der Waals surface area contributed by atoms with Crippen LogP contribution < -0.4 is 14.4 Å². The predicted octanol–water partition coefficient (Wildman–Crippen LogP) is 5.37. The van der Waals surface area contributed by atoms with Gasteiger partial charge in [-0.1, -0.05) is 12.1 Å². The molecule has 2 aromatic rings. The van der Waals surface area contributed by atoms with Crippen LogP contribution in [0.3, 0.4) is 0 Å². The highest BCUT2D eigenvalue weighted by molar-refractivity contribution is 5.65. The number of anilines is 2. The van der Waals surface area contributed by atoms with E-state index in [9.17, 15) is 13.2 Å². The number of aromatic nitrogens is 2. The van der Waals surface area contributed by atoms with Crippen molar-refractivity contribution in [3.8, 4) is 11.6 Å². The molecule has 3 rings (SSSR count). The Morgan fingerprint density at radius 2 is 1.86 bits per heavy atom. The number of alkyl halides is 3. The Hall–Kier alpha value is -2.51. The molecule has 1 heterocycles. The van der Waals surface area contributed by atoms with Gasteiger partial charge in [0.15, 0.2) is 0 Å². The third-order valence-corrected chi connectivity index (χ3v) is 4.64. The summed E-state index contributed by atoms with van der Waals surface area (Å²) < 4.78 is 51.6. The number of hydrogen-bond donors (Lipinski definition) is 0. The standard InChI is InChI=1S/C20H24F3N3O2/c1-3-26(16-11-7-8-12-17(16)27-4-2)19-24-13-15(20(21,22)23)18(25-19)28-14-9-5-6-10-14/h7-8,11-14H,3-6,9-10H2,1-2H3. The lowest BCUT2D eigenvalue weighted by Crippen LogP contribution is -2.23. The normalized spacial score (nSPS) is 14.9. The average molecular weight is 395 g/mol. The van der Waals surface area contributed by atoms with E-state index in [-0.39, 0.29) is 12.1 Å². The predicted molar refractivity (Wildman–Crippen MR) is 100 cm³/mol. The van der Waals surface area contributed by atoms with Gasteiger partial charge in [0, 0.05) is 12.7 Å². The summed E-state index contributed by atoms with van der Waals surface area (Å²) in [4.78, 5) is 9.87. The van der Waals surface area contributed by atoms with E-state index >= 15 is 0 Å². The van der Waals surface area contributed by atoms with Crippen molar-refractivity contribution >= 4 is 11.6 Å². The largest absolute Gasteiger partial charge is 0.492 e. The molecule has 1 fully saturated rings. The highest BCUT2D eigenvalue weighted by Gasteiger charge is 2.37. The van der Waals surface area contributed by atoms with Crippen molar-refractivity contribution in [1.82, 2.24) is 9.97 Å². The molecule has 8 heteroatoms. The van der Waals surface area contributed by atoms with Crippen LogP contribution in [0.2, 0.25) is 0 Å². The second kappa shape index (κ2) is 8.67. The van der Waals surface area contributed by atoms with E-state index in [0.717, 1.165) is 31.9 Å². The number of rotatable bonds is 7.